The van der Waals surface area contributed by atoms with Gasteiger partial charge in [-0.15, -0.1) is 11.3 Å². The highest BCUT2D eigenvalue weighted by molar-refractivity contribution is 7.93. The first kappa shape index (κ1) is 34.5. The fraction of sp³-hybridized carbons (Fsp3) is 0.310. The minimum Gasteiger partial charge on any atom is -1.00 e. The Morgan fingerprint density at radius 3 is 2.41 bits per heavy atom. The van der Waals surface area contributed by atoms with E-state index in [9.17, 15) is 18.0 Å². The maximum Gasteiger partial charge on any atom is 0.360 e. The van der Waals surface area contributed by atoms with Crippen molar-refractivity contribution in [2.75, 3.05) is 16.7 Å². The van der Waals surface area contributed by atoms with Crippen molar-refractivity contribution in [1.82, 2.24) is 9.55 Å². The summed E-state index contributed by atoms with van der Waals surface area (Å²) in [5.41, 5.74) is 1.64. The Bertz CT molecular complexity index is 1730. The number of aromatic nitrogens is 3. The van der Waals surface area contributed by atoms with Gasteiger partial charge in [-0.3, -0.25) is 9.10 Å². The van der Waals surface area contributed by atoms with Crippen LogP contribution in [0.1, 0.15) is 42.5 Å². The topological polar surface area (TPSA) is 124 Å². The molecule has 0 atom stereocenters. The number of esters is 1. The molecule has 0 radical (unpaired) electrons. The average molecular weight is 666 g/mol. The molecule has 2 heterocycles. The number of hydrogen-bond acceptors (Lipinski definition) is 8. The van der Waals surface area contributed by atoms with E-state index in [1.165, 1.54) is 24.8 Å². The molecule has 4 rings (SSSR count). The van der Waals surface area contributed by atoms with Crippen LogP contribution in [-0.2, 0) is 39.7 Å². The van der Waals surface area contributed by atoms with Gasteiger partial charge in [0.2, 0.25) is 6.33 Å². The van der Waals surface area contributed by atoms with Crippen LogP contribution < -0.4 is 31.3 Å². The van der Waals surface area contributed by atoms with Gasteiger partial charge in [-0.1, -0.05) is 12.1 Å². The summed E-state index contributed by atoms with van der Waals surface area (Å²) in [6, 6.07) is 9.93. The van der Waals surface area contributed by atoms with Crippen LogP contribution in [0.4, 0.5) is 15.1 Å². The summed E-state index contributed by atoms with van der Waals surface area (Å²) in [7, 11) is -1.10. The van der Waals surface area contributed by atoms with Crippen LogP contribution in [0.3, 0.4) is 0 Å². The molecule has 15 heteroatoms. The van der Waals surface area contributed by atoms with Crippen molar-refractivity contribution in [2.24, 2.45) is 7.05 Å². The van der Waals surface area contributed by atoms with Crippen LogP contribution in [0.25, 0.3) is 0 Å². The van der Waals surface area contributed by atoms with Crippen molar-refractivity contribution >= 4 is 43.9 Å². The zero-order chi connectivity index (χ0) is 31.5. The van der Waals surface area contributed by atoms with Crippen LogP contribution in [0.15, 0.2) is 65.4 Å². The van der Waals surface area contributed by atoms with Gasteiger partial charge >= 0.3 is 5.97 Å². The number of methoxy groups -OCH3 is 1. The molecular formula is C29H33ClFN5O6S2. The number of hydrogen-bond donors (Lipinski definition) is 1. The van der Waals surface area contributed by atoms with Crippen molar-refractivity contribution in [2.45, 2.75) is 51.3 Å². The smallest absolute Gasteiger partial charge is 0.360 e. The second kappa shape index (κ2) is 13.7. The minimum atomic E-state index is -4.45. The van der Waals surface area contributed by atoms with Gasteiger partial charge in [-0.25, -0.2) is 31.7 Å². The number of nitrogens with zero attached hydrogens (tertiary/aromatic N) is 4. The number of amides is 1. The Morgan fingerprint density at radius 1 is 1.16 bits per heavy atom. The number of thiazole rings is 1. The molecule has 1 N–H and O–H groups in total. The molecule has 11 nitrogen and oxygen atoms in total. The van der Waals surface area contributed by atoms with E-state index >= 15 is 4.39 Å². The zero-order valence-corrected chi connectivity index (χ0v) is 27.4. The number of carbonyl (C=O) groups excluding carboxylic acids is 2. The van der Waals surface area contributed by atoms with Crippen LogP contribution in [-0.4, -0.2) is 42.6 Å². The standard InChI is InChI=1S/C29H32FN5O6S2.ClH/c1-19-14-34(18-33(19)5)16-25(36)32-24-12-11-22(13-23(24)30)43(38,39)35(15-20-7-9-21(40-6)10-8-20)27-26(31-17-42-27)28(37)41-29(2,3)4;/h7-14,17-18H,15-16H2,1-6H3;1H. The number of benzene rings is 2. The third-order valence-electron chi connectivity index (χ3n) is 6.21. The lowest BCUT2D eigenvalue weighted by Crippen LogP contribution is -3.00. The number of sulfonamides is 1. The molecule has 236 valence electrons. The van der Waals surface area contributed by atoms with Crippen LogP contribution >= 0.6 is 11.3 Å². The Kier molecular flexibility index (Phi) is 10.8. The van der Waals surface area contributed by atoms with E-state index in [1.54, 1.807) is 62.1 Å². The maximum atomic E-state index is 15.3. The van der Waals surface area contributed by atoms with Gasteiger partial charge in [0.1, 0.15) is 34.1 Å². The molecule has 0 aliphatic rings. The van der Waals surface area contributed by atoms with E-state index in [0.717, 1.165) is 27.4 Å². The highest BCUT2D eigenvalue weighted by Gasteiger charge is 2.33. The highest BCUT2D eigenvalue weighted by atomic mass is 35.5. The molecule has 0 spiro atoms. The third-order valence-corrected chi connectivity index (χ3v) is 8.92. The van der Waals surface area contributed by atoms with Gasteiger partial charge in [0.05, 0.1) is 36.8 Å². The largest absolute Gasteiger partial charge is 1.00 e. The van der Waals surface area contributed by atoms with Crippen LogP contribution in [0, 0.1) is 12.7 Å². The predicted octanol–water partition coefficient (Wildman–Crippen LogP) is 1.22. The van der Waals surface area contributed by atoms with Crippen LogP contribution in [0.2, 0.25) is 0 Å². The molecule has 2 aromatic heterocycles. The molecule has 0 bridgehead atoms. The van der Waals surface area contributed by atoms with Crippen molar-refractivity contribution in [3.05, 3.63) is 83.3 Å². The van der Waals surface area contributed by atoms with E-state index in [-0.39, 0.29) is 46.8 Å². The lowest BCUT2D eigenvalue weighted by molar-refractivity contribution is -0.683. The summed E-state index contributed by atoms with van der Waals surface area (Å²) in [5.74, 6) is -1.65. The Hall–Kier alpha value is -4.01. The summed E-state index contributed by atoms with van der Waals surface area (Å²) < 4.78 is 58.5. The lowest BCUT2D eigenvalue weighted by Gasteiger charge is -2.25. The summed E-state index contributed by atoms with van der Waals surface area (Å²) in [6.07, 6.45) is 3.50. The summed E-state index contributed by atoms with van der Waals surface area (Å²) in [5, 5.41) is 2.50. The first-order chi connectivity index (χ1) is 20.2. The summed E-state index contributed by atoms with van der Waals surface area (Å²) in [6.45, 7) is 6.68. The number of aryl methyl sites for hydroxylation is 2. The number of ether oxygens (including phenoxy) is 2. The number of anilines is 2. The van der Waals surface area contributed by atoms with Crippen molar-refractivity contribution in [3.63, 3.8) is 0 Å². The Labute approximate surface area is 265 Å². The summed E-state index contributed by atoms with van der Waals surface area (Å²) in [4.78, 5) is 29.3. The number of carbonyl (C=O) groups is 2. The maximum absolute atomic E-state index is 15.3. The monoisotopic (exact) mass is 665 g/mol. The lowest BCUT2D eigenvalue weighted by atomic mass is 10.2. The van der Waals surface area contributed by atoms with Gasteiger partial charge in [0, 0.05) is 6.92 Å². The number of nitrogens with one attached hydrogen (secondary N) is 1. The summed E-state index contributed by atoms with van der Waals surface area (Å²) >= 11 is 0.935. The van der Waals surface area contributed by atoms with E-state index in [0.29, 0.717) is 11.3 Å². The fourth-order valence-corrected chi connectivity index (χ4v) is 6.53. The molecule has 0 saturated carbocycles. The van der Waals surface area contributed by atoms with Gasteiger partial charge in [-0.2, -0.15) is 0 Å². The average Bonchev–Trinajstić information content (AvgIpc) is 3.53. The normalized spacial score (nSPS) is 11.4. The first-order valence-corrected chi connectivity index (χ1v) is 15.4. The Morgan fingerprint density at radius 2 is 1.84 bits per heavy atom. The molecule has 0 aliphatic carbocycles. The first-order valence-electron chi connectivity index (χ1n) is 13.1. The molecule has 2 aromatic carbocycles. The molecular weight excluding hydrogens is 633 g/mol. The van der Waals surface area contributed by atoms with Gasteiger partial charge in [0.15, 0.2) is 12.2 Å². The SMILES string of the molecule is COc1ccc(CN(c2scnc2C(=O)OC(C)(C)C)S(=O)(=O)c2ccc(NC(=O)C[n+]3cc(C)n(C)c3)c(F)c2)cc1.[Cl-]. The number of halogens is 2. The molecule has 44 heavy (non-hydrogen) atoms. The van der Waals surface area contributed by atoms with E-state index in [4.69, 9.17) is 9.47 Å². The molecule has 4 aromatic rings. The second-order valence-corrected chi connectivity index (χ2v) is 13.4. The van der Waals surface area contributed by atoms with E-state index in [1.807, 2.05) is 18.5 Å². The van der Waals surface area contributed by atoms with Crippen molar-refractivity contribution < 1.29 is 48.8 Å². The van der Waals surface area contributed by atoms with E-state index in [2.05, 4.69) is 10.3 Å². The third kappa shape index (κ3) is 8.12. The second-order valence-electron chi connectivity index (χ2n) is 10.7. The quantitative estimate of drug-likeness (QED) is 0.200. The molecule has 0 aliphatic heterocycles. The van der Waals surface area contributed by atoms with Crippen molar-refractivity contribution in [3.8, 4) is 5.75 Å². The number of imidazole rings is 1. The fourth-order valence-electron chi connectivity index (χ4n) is 4.05. The zero-order valence-electron chi connectivity index (χ0n) is 25.0. The van der Waals surface area contributed by atoms with E-state index < -0.39 is 33.3 Å². The molecule has 1 amide bonds. The van der Waals surface area contributed by atoms with Gasteiger partial charge in [0.25, 0.3) is 15.9 Å². The van der Waals surface area contributed by atoms with Crippen molar-refractivity contribution in [1.29, 1.82) is 0 Å². The number of rotatable bonds is 10. The van der Waals surface area contributed by atoms with Crippen LogP contribution in [0.5, 0.6) is 5.75 Å². The highest BCUT2D eigenvalue weighted by Crippen LogP contribution is 2.34. The molecule has 0 unspecified atom stereocenters. The molecule has 0 fully saturated rings. The minimum absolute atomic E-state index is 0. The predicted molar refractivity (Wildman–Crippen MR) is 159 cm³/mol. The Balaban J connectivity index is 0.00000529. The van der Waals surface area contributed by atoms with Gasteiger partial charge < -0.3 is 27.2 Å². The molecule has 0 saturated heterocycles. The van der Waals surface area contributed by atoms with Gasteiger partial charge in [-0.05, 0) is 56.7 Å².